The van der Waals surface area contributed by atoms with Crippen LogP contribution >= 0.6 is 0 Å². The van der Waals surface area contributed by atoms with Crippen LogP contribution in [0.25, 0.3) is 11.3 Å². The predicted molar refractivity (Wildman–Crippen MR) is 88.2 cm³/mol. The monoisotopic (exact) mass is 307 g/mol. The molecule has 0 unspecified atom stereocenters. The highest BCUT2D eigenvalue weighted by Gasteiger charge is 2.22. The Labute approximate surface area is 137 Å². The van der Waals surface area contributed by atoms with Crippen molar-refractivity contribution in [2.45, 2.75) is 34.6 Å². The van der Waals surface area contributed by atoms with E-state index in [0.29, 0.717) is 28.5 Å². The van der Waals surface area contributed by atoms with E-state index in [0.717, 1.165) is 11.3 Å². The molecule has 0 aliphatic heterocycles. The number of nitriles is 1. The minimum Gasteiger partial charge on any atom is -0.566 e. The van der Waals surface area contributed by atoms with Gasteiger partial charge in [0, 0.05) is 12.7 Å². The lowest BCUT2D eigenvalue weighted by Gasteiger charge is -2.14. The van der Waals surface area contributed by atoms with Gasteiger partial charge < -0.3 is 4.65 Å². The van der Waals surface area contributed by atoms with Crippen molar-refractivity contribution in [3.63, 3.8) is 0 Å². The molecule has 0 aliphatic carbocycles. The number of hydrogen-bond donors (Lipinski definition) is 0. The fraction of sp³-hybridized carbons (Fsp3) is 0.375. The molecule has 0 bridgehead atoms. The van der Waals surface area contributed by atoms with Gasteiger partial charge in [-0.2, -0.15) is 10.4 Å². The van der Waals surface area contributed by atoms with Crippen LogP contribution in [0.2, 0.25) is 0 Å². The standard InChI is InChI=1S/C16H18BN5O/c1-8-11(4)22(6)21-15(8)13(7-18)16(23-17)14-9(2)19-12(5)20-10(14)3/h1-6H3. The summed E-state index contributed by atoms with van der Waals surface area (Å²) >= 11 is 0. The van der Waals surface area contributed by atoms with Gasteiger partial charge in [0.2, 0.25) is 0 Å². The molecule has 2 aromatic rings. The Kier molecular flexibility index (Phi) is 4.55. The second-order valence-corrected chi connectivity index (χ2v) is 5.43. The Morgan fingerprint density at radius 1 is 1.13 bits per heavy atom. The zero-order valence-electron chi connectivity index (χ0n) is 14.2. The van der Waals surface area contributed by atoms with Gasteiger partial charge in [0.25, 0.3) is 0 Å². The van der Waals surface area contributed by atoms with Crippen LogP contribution in [-0.4, -0.2) is 27.8 Å². The van der Waals surface area contributed by atoms with Crippen LogP contribution < -0.4 is 0 Å². The summed E-state index contributed by atoms with van der Waals surface area (Å²) in [6.45, 7) is 9.33. The summed E-state index contributed by atoms with van der Waals surface area (Å²) in [5, 5.41) is 14.1. The van der Waals surface area contributed by atoms with E-state index in [1.165, 1.54) is 0 Å². The fourth-order valence-electron chi connectivity index (χ4n) is 2.62. The lowest BCUT2D eigenvalue weighted by molar-refractivity contribution is 0.571. The molecule has 2 heterocycles. The smallest absolute Gasteiger partial charge is 0.374 e. The van der Waals surface area contributed by atoms with Gasteiger partial charge in [-0.3, -0.25) is 4.68 Å². The molecule has 0 saturated heterocycles. The molecule has 0 fully saturated rings. The van der Waals surface area contributed by atoms with Gasteiger partial charge >= 0.3 is 8.05 Å². The maximum atomic E-state index is 9.67. The molecule has 0 atom stereocenters. The van der Waals surface area contributed by atoms with Crippen molar-refractivity contribution >= 4 is 19.4 Å². The Balaban J connectivity index is 2.82. The van der Waals surface area contributed by atoms with Crippen LogP contribution in [0.1, 0.15) is 39.7 Å². The zero-order valence-corrected chi connectivity index (χ0v) is 14.2. The molecule has 0 aromatic carbocycles. The molecule has 23 heavy (non-hydrogen) atoms. The lowest BCUT2D eigenvalue weighted by Crippen LogP contribution is -2.06. The van der Waals surface area contributed by atoms with E-state index < -0.39 is 0 Å². The first-order chi connectivity index (χ1) is 10.8. The molecular weight excluding hydrogens is 289 g/mol. The van der Waals surface area contributed by atoms with Crippen LogP contribution in [0.4, 0.5) is 0 Å². The van der Waals surface area contributed by atoms with Crippen molar-refractivity contribution in [2.24, 2.45) is 7.05 Å². The van der Waals surface area contributed by atoms with Crippen molar-refractivity contribution < 1.29 is 4.65 Å². The molecule has 0 aliphatic rings. The molecule has 2 radical (unpaired) electrons. The van der Waals surface area contributed by atoms with Crippen LogP contribution in [0.15, 0.2) is 0 Å². The Morgan fingerprint density at radius 2 is 1.70 bits per heavy atom. The van der Waals surface area contributed by atoms with E-state index in [4.69, 9.17) is 12.7 Å². The lowest BCUT2D eigenvalue weighted by atomic mass is 10.0. The Morgan fingerprint density at radius 3 is 2.09 bits per heavy atom. The maximum Gasteiger partial charge on any atom is 0.374 e. The quantitative estimate of drug-likeness (QED) is 0.494. The highest BCUT2D eigenvalue weighted by atomic mass is 16.4. The number of aryl methyl sites for hydroxylation is 4. The van der Waals surface area contributed by atoms with Gasteiger partial charge in [-0.1, -0.05) is 0 Å². The van der Waals surface area contributed by atoms with Crippen molar-refractivity contribution in [2.75, 3.05) is 0 Å². The Bertz CT molecular complexity index is 822. The number of hydrogen-bond acceptors (Lipinski definition) is 5. The van der Waals surface area contributed by atoms with Crippen LogP contribution in [0.5, 0.6) is 0 Å². The van der Waals surface area contributed by atoms with Crippen LogP contribution in [0.3, 0.4) is 0 Å². The minimum absolute atomic E-state index is 0.240. The third-order valence-electron chi connectivity index (χ3n) is 3.94. The molecule has 0 N–H and O–H groups in total. The molecule has 0 saturated carbocycles. The summed E-state index contributed by atoms with van der Waals surface area (Å²) < 4.78 is 6.80. The van der Waals surface area contributed by atoms with E-state index in [1.807, 2.05) is 41.7 Å². The predicted octanol–water partition coefficient (Wildman–Crippen LogP) is 2.24. The Hall–Kier alpha value is -2.62. The number of rotatable bonds is 3. The molecule has 0 spiro atoms. The van der Waals surface area contributed by atoms with Gasteiger partial charge in [-0.15, -0.1) is 0 Å². The average molecular weight is 307 g/mol. The first-order valence-corrected chi connectivity index (χ1v) is 7.15. The van der Waals surface area contributed by atoms with Crippen LogP contribution in [-0.2, 0) is 11.7 Å². The molecule has 6 nitrogen and oxygen atoms in total. The first-order valence-electron chi connectivity index (χ1n) is 7.15. The number of nitrogens with zero attached hydrogens (tertiary/aromatic N) is 5. The summed E-state index contributed by atoms with van der Waals surface area (Å²) in [7, 11) is 7.32. The summed E-state index contributed by atoms with van der Waals surface area (Å²) in [6, 6.07) is 2.16. The normalized spacial score (nSPS) is 11.9. The number of allylic oxidation sites excluding steroid dienone is 1. The van der Waals surface area contributed by atoms with E-state index in [1.54, 1.807) is 4.68 Å². The van der Waals surface area contributed by atoms with Gasteiger partial charge in [-0.05, 0) is 40.2 Å². The SMILES string of the molecule is [B]OC(=C(C#N)c1nn(C)c(C)c1C)c1c(C)nc(C)nc1C. The number of aromatic nitrogens is 4. The van der Waals surface area contributed by atoms with E-state index in [-0.39, 0.29) is 11.3 Å². The highest BCUT2D eigenvalue weighted by Crippen LogP contribution is 2.31. The average Bonchev–Trinajstić information content (AvgIpc) is 2.73. The van der Waals surface area contributed by atoms with Crippen molar-refractivity contribution in [1.82, 2.24) is 19.7 Å². The van der Waals surface area contributed by atoms with Gasteiger partial charge in [0.15, 0.2) is 0 Å². The summed E-state index contributed by atoms with van der Waals surface area (Å²) in [4.78, 5) is 8.69. The van der Waals surface area contributed by atoms with Crippen molar-refractivity contribution in [1.29, 1.82) is 5.26 Å². The summed E-state index contributed by atoms with van der Waals surface area (Å²) in [5.74, 6) is 0.896. The van der Waals surface area contributed by atoms with E-state index in [2.05, 4.69) is 21.1 Å². The fourth-order valence-corrected chi connectivity index (χ4v) is 2.62. The third-order valence-corrected chi connectivity index (χ3v) is 3.94. The molecule has 2 aromatic heterocycles. The summed E-state index contributed by atoms with van der Waals surface area (Å²) in [5.41, 5.74) is 4.72. The molecule has 7 heteroatoms. The second kappa shape index (κ2) is 6.25. The van der Waals surface area contributed by atoms with Crippen molar-refractivity contribution in [3.8, 4) is 6.07 Å². The summed E-state index contributed by atoms with van der Waals surface area (Å²) in [6.07, 6.45) is 0. The third kappa shape index (κ3) is 2.84. The minimum atomic E-state index is 0.240. The molecular formula is C16H18BN5O. The van der Waals surface area contributed by atoms with Gasteiger partial charge in [0.1, 0.15) is 28.9 Å². The molecule has 0 amide bonds. The molecule has 116 valence electrons. The molecule has 2 rings (SSSR count). The van der Waals surface area contributed by atoms with E-state index >= 15 is 0 Å². The first kappa shape index (κ1) is 16.8. The van der Waals surface area contributed by atoms with Crippen molar-refractivity contribution in [3.05, 3.63) is 39.7 Å². The topological polar surface area (TPSA) is 76.6 Å². The van der Waals surface area contributed by atoms with Gasteiger partial charge in [0.05, 0.1) is 17.0 Å². The zero-order chi connectivity index (χ0) is 17.3. The van der Waals surface area contributed by atoms with Gasteiger partial charge in [-0.25, -0.2) is 9.97 Å². The maximum absolute atomic E-state index is 9.67. The van der Waals surface area contributed by atoms with E-state index in [9.17, 15) is 5.26 Å². The second-order valence-electron chi connectivity index (χ2n) is 5.43. The van der Waals surface area contributed by atoms with Crippen LogP contribution in [0, 0.1) is 45.9 Å². The largest absolute Gasteiger partial charge is 0.566 e. The highest BCUT2D eigenvalue weighted by molar-refractivity contribution is 6.06.